The Labute approximate surface area is 86.2 Å². The van der Waals surface area contributed by atoms with Gasteiger partial charge in [0.2, 0.25) is 0 Å². The largest absolute Gasteiger partial charge is 0.453 e. The van der Waals surface area contributed by atoms with Crippen LogP contribution in [0, 0.1) is 0 Å². The van der Waals surface area contributed by atoms with E-state index in [9.17, 15) is 4.79 Å². The van der Waals surface area contributed by atoms with Gasteiger partial charge in [-0.3, -0.25) is 0 Å². The van der Waals surface area contributed by atoms with Gasteiger partial charge in [-0.05, 0) is 12.8 Å². The van der Waals surface area contributed by atoms with E-state index >= 15 is 0 Å². The molecule has 1 aliphatic rings. The highest BCUT2D eigenvalue weighted by atomic mass is 16.5. The summed E-state index contributed by atoms with van der Waals surface area (Å²) in [6, 6.07) is 0.334. The van der Waals surface area contributed by atoms with Crippen LogP contribution >= 0.6 is 0 Å². The van der Waals surface area contributed by atoms with Gasteiger partial charge in [0.1, 0.15) is 0 Å². The van der Waals surface area contributed by atoms with Crippen molar-refractivity contribution in [2.75, 3.05) is 7.11 Å². The molecular formula is C11H21NO2. The van der Waals surface area contributed by atoms with Crippen molar-refractivity contribution in [3.05, 3.63) is 0 Å². The summed E-state index contributed by atoms with van der Waals surface area (Å²) in [7, 11) is 1.42. The van der Waals surface area contributed by atoms with Crippen LogP contribution in [0.15, 0.2) is 0 Å². The van der Waals surface area contributed by atoms with Gasteiger partial charge in [0.25, 0.3) is 0 Å². The number of rotatable bonds is 1. The first-order valence-electron chi connectivity index (χ1n) is 5.67. The lowest BCUT2D eigenvalue weighted by Crippen LogP contribution is -2.34. The van der Waals surface area contributed by atoms with Gasteiger partial charge in [-0.15, -0.1) is 0 Å². The molecule has 3 nitrogen and oxygen atoms in total. The lowest BCUT2D eigenvalue weighted by atomic mass is 10.1. The normalized spacial score (nSPS) is 20.4. The van der Waals surface area contributed by atoms with Crippen LogP contribution in [-0.4, -0.2) is 19.2 Å². The first-order chi connectivity index (χ1) is 6.83. The zero-order chi connectivity index (χ0) is 10.2. The number of methoxy groups -OCH3 is 1. The number of hydrogen-bond donors (Lipinski definition) is 1. The van der Waals surface area contributed by atoms with E-state index in [1.165, 1.54) is 45.6 Å². The van der Waals surface area contributed by atoms with Crippen molar-refractivity contribution in [3.8, 4) is 0 Å². The molecule has 0 atom stereocenters. The standard InChI is InChI=1S/C11H21NO2/c1-14-11(13)12-10-8-6-4-2-3-5-7-9-10/h10H,2-9H2,1H3,(H,12,13). The molecule has 1 N–H and O–H groups in total. The summed E-state index contributed by atoms with van der Waals surface area (Å²) in [5, 5.41) is 2.90. The summed E-state index contributed by atoms with van der Waals surface area (Å²) in [6.45, 7) is 0. The molecule has 0 aromatic rings. The van der Waals surface area contributed by atoms with Crippen molar-refractivity contribution < 1.29 is 9.53 Å². The molecule has 1 aliphatic carbocycles. The molecule has 0 bridgehead atoms. The van der Waals surface area contributed by atoms with Crippen LogP contribution in [0.2, 0.25) is 0 Å². The van der Waals surface area contributed by atoms with Crippen LogP contribution in [-0.2, 0) is 4.74 Å². The van der Waals surface area contributed by atoms with Crippen LogP contribution < -0.4 is 5.32 Å². The van der Waals surface area contributed by atoms with Gasteiger partial charge in [0, 0.05) is 6.04 Å². The van der Waals surface area contributed by atoms with Crippen molar-refractivity contribution in [2.45, 2.75) is 57.4 Å². The summed E-state index contributed by atoms with van der Waals surface area (Å²) >= 11 is 0. The maximum atomic E-state index is 11.0. The van der Waals surface area contributed by atoms with E-state index in [4.69, 9.17) is 0 Å². The van der Waals surface area contributed by atoms with Crippen molar-refractivity contribution in [2.24, 2.45) is 0 Å². The van der Waals surface area contributed by atoms with E-state index in [0.29, 0.717) is 6.04 Å². The van der Waals surface area contributed by atoms with Crippen LogP contribution in [0.5, 0.6) is 0 Å². The van der Waals surface area contributed by atoms with Gasteiger partial charge in [0.05, 0.1) is 7.11 Å². The minimum atomic E-state index is -0.283. The van der Waals surface area contributed by atoms with Crippen LogP contribution in [0.4, 0.5) is 4.79 Å². The Morgan fingerprint density at radius 2 is 1.57 bits per heavy atom. The fraction of sp³-hybridized carbons (Fsp3) is 0.909. The van der Waals surface area contributed by atoms with Gasteiger partial charge in [-0.25, -0.2) is 4.79 Å². The Hall–Kier alpha value is -0.730. The summed E-state index contributed by atoms with van der Waals surface area (Å²) in [5.74, 6) is 0. The molecule has 1 amide bonds. The molecule has 3 heteroatoms. The smallest absolute Gasteiger partial charge is 0.407 e. The number of ether oxygens (including phenoxy) is 1. The second-order valence-electron chi connectivity index (χ2n) is 4.03. The average molecular weight is 199 g/mol. The van der Waals surface area contributed by atoms with Gasteiger partial charge in [0.15, 0.2) is 0 Å². The number of alkyl carbamates (subject to hydrolysis) is 1. The molecule has 0 saturated heterocycles. The second kappa shape index (κ2) is 6.68. The third kappa shape index (κ3) is 4.49. The summed E-state index contributed by atoms with van der Waals surface area (Å²) in [5.41, 5.74) is 0. The van der Waals surface area contributed by atoms with Gasteiger partial charge < -0.3 is 10.1 Å². The molecule has 0 spiro atoms. The molecule has 0 unspecified atom stereocenters. The Morgan fingerprint density at radius 3 is 2.07 bits per heavy atom. The second-order valence-corrected chi connectivity index (χ2v) is 4.03. The van der Waals surface area contributed by atoms with Gasteiger partial charge >= 0.3 is 6.09 Å². The fourth-order valence-electron chi connectivity index (χ4n) is 2.00. The van der Waals surface area contributed by atoms with Crippen molar-refractivity contribution in [1.29, 1.82) is 0 Å². The van der Waals surface area contributed by atoms with Crippen molar-refractivity contribution >= 4 is 6.09 Å². The highest BCUT2D eigenvalue weighted by Crippen LogP contribution is 2.16. The molecule has 0 aromatic heterocycles. The van der Waals surface area contributed by atoms with Crippen molar-refractivity contribution in [1.82, 2.24) is 5.32 Å². The Kier molecular flexibility index (Phi) is 5.42. The number of hydrogen-bond acceptors (Lipinski definition) is 2. The maximum Gasteiger partial charge on any atom is 0.407 e. The zero-order valence-corrected chi connectivity index (χ0v) is 9.05. The van der Waals surface area contributed by atoms with E-state index in [2.05, 4.69) is 10.1 Å². The Morgan fingerprint density at radius 1 is 1.07 bits per heavy atom. The lowest BCUT2D eigenvalue weighted by Gasteiger charge is -2.16. The van der Waals surface area contributed by atoms with E-state index in [-0.39, 0.29) is 6.09 Å². The first kappa shape index (κ1) is 11.3. The fourth-order valence-corrected chi connectivity index (χ4v) is 2.00. The third-order valence-corrected chi connectivity index (χ3v) is 2.86. The molecule has 0 heterocycles. The van der Waals surface area contributed by atoms with E-state index in [0.717, 1.165) is 12.8 Å². The molecule has 0 aliphatic heterocycles. The molecule has 1 fully saturated rings. The third-order valence-electron chi connectivity index (χ3n) is 2.86. The minimum Gasteiger partial charge on any atom is -0.453 e. The predicted octanol–water partition coefficient (Wildman–Crippen LogP) is 2.85. The predicted molar refractivity (Wildman–Crippen MR) is 56.3 cm³/mol. The monoisotopic (exact) mass is 199 g/mol. The molecule has 0 aromatic carbocycles. The minimum absolute atomic E-state index is 0.283. The first-order valence-corrected chi connectivity index (χ1v) is 5.67. The Bertz CT molecular complexity index is 161. The molecular weight excluding hydrogens is 178 g/mol. The van der Waals surface area contributed by atoms with Crippen LogP contribution in [0.3, 0.4) is 0 Å². The Balaban J connectivity index is 2.28. The highest BCUT2D eigenvalue weighted by Gasteiger charge is 2.12. The maximum absolute atomic E-state index is 11.0. The highest BCUT2D eigenvalue weighted by molar-refractivity contribution is 5.67. The number of amides is 1. The summed E-state index contributed by atoms with van der Waals surface area (Å²) in [4.78, 5) is 11.0. The van der Waals surface area contributed by atoms with E-state index < -0.39 is 0 Å². The van der Waals surface area contributed by atoms with Crippen molar-refractivity contribution in [3.63, 3.8) is 0 Å². The number of nitrogens with one attached hydrogen (secondary N) is 1. The quantitative estimate of drug-likeness (QED) is 0.705. The van der Waals surface area contributed by atoms with E-state index in [1.807, 2.05) is 0 Å². The molecule has 1 rings (SSSR count). The topological polar surface area (TPSA) is 38.3 Å². The summed E-state index contributed by atoms with van der Waals surface area (Å²) in [6.07, 6.45) is 9.71. The summed E-state index contributed by atoms with van der Waals surface area (Å²) < 4.78 is 4.61. The average Bonchev–Trinajstić information content (AvgIpc) is 2.31. The van der Waals surface area contributed by atoms with Crippen LogP contribution in [0.25, 0.3) is 0 Å². The molecule has 1 saturated carbocycles. The van der Waals surface area contributed by atoms with Gasteiger partial charge in [-0.1, -0.05) is 38.5 Å². The molecule has 14 heavy (non-hydrogen) atoms. The molecule has 0 radical (unpaired) electrons. The SMILES string of the molecule is COC(=O)NC1CCCCCCCC1. The number of carbonyl (C=O) groups is 1. The number of carbonyl (C=O) groups excluding carboxylic acids is 1. The zero-order valence-electron chi connectivity index (χ0n) is 9.05. The molecule has 82 valence electrons. The van der Waals surface area contributed by atoms with Crippen LogP contribution in [0.1, 0.15) is 51.4 Å². The van der Waals surface area contributed by atoms with Gasteiger partial charge in [-0.2, -0.15) is 0 Å². The van der Waals surface area contributed by atoms with E-state index in [1.54, 1.807) is 0 Å². The lowest BCUT2D eigenvalue weighted by molar-refractivity contribution is 0.165.